The van der Waals surface area contributed by atoms with E-state index in [0.717, 1.165) is 42.9 Å². The second-order valence-electron chi connectivity index (χ2n) is 5.09. The van der Waals surface area contributed by atoms with Gasteiger partial charge in [0.2, 0.25) is 0 Å². The number of methoxy groups -OCH3 is 1. The molecule has 0 amide bonds. The van der Waals surface area contributed by atoms with Crippen LogP contribution < -0.4 is 15.2 Å². The van der Waals surface area contributed by atoms with Gasteiger partial charge in [0, 0.05) is 12.6 Å². The highest BCUT2D eigenvalue weighted by Crippen LogP contribution is 2.33. The van der Waals surface area contributed by atoms with Crippen LogP contribution in [0.1, 0.15) is 25.3 Å². The number of rotatable bonds is 5. The van der Waals surface area contributed by atoms with Gasteiger partial charge in [0.05, 0.1) is 13.7 Å². The number of hydrogen-bond donors (Lipinski definition) is 1. The molecule has 1 aliphatic heterocycles. The first-order chi connectivity index (χ1) is 9.20. The number of benzene rings is 1. The van der Waals surface area contributed by atoms with Crippen LogP contribution in [-0.4, -0.2) is 32.5 Å². The number of ether oxygens (including phenoxy) is 3. The van der Waals surface area contributed by atoms with Crippen LogP contribution in [0.25, 0.3) is 0 Å². The van der Waals surface area contributed by atoms with Crippen LogP contribution in [0.5, 0.6) is 11.5 Å². The normalized spacial score (nSPS) is 20.9. The van der Waals surface area contributed by atoms with Gasteiger partial charge in [-0.15, -0.1) is 0 Å². The van der Waals surface area contributed by atoms with Gasteiger partial charge in [0.1, 0.15) is 6.10 Å². The van der Waals surface area contributed by atoms with Gasteiger partial charge >= 0.3 is 0 Å². The maximum atomic E-state index is 6.01. The molecule has 0 saturated carbocycles. The van der Waals surface area contributed by atoms with Gasteiger partial charge in [-0.25, -0.2) is 0 Å². The predicted octanol–water partition coefficient (Wildman–Crippen LogP) is 2.14. The average molecular weight is 265 g/mol. The number of para-hydroxylation sites is 1. The molecule has 0 radical (unpaired) electrons. The number of hydrogen-bond acceptors (Lipinski definition) is 4. The third-order valence-corrected chi connectivity index (χ3v) is 3.22. The maximum Gasteiger partial charge on any atom is 0.163 e. The van der Waals surface area contributed by atoms with Crippen molar-refractivity contribution < 1.29 is 14.2 Å². The second kappa shape index (κ2) is 6.78. The molecule has 1 heterocycles. The summed E-state index contributed by atoms with van der Waals surface area (Å²) in [4.78, 5) is 0. The minimum absolute atomic E-state index is 0.0992. The van der Waals surface area contributed by atoms with E-state index < -0.39 is 0 Å². The predicted molar refractivity (Wildman–Crippen MR) is 74.8 cm³/mol. The monoisotopic (exact) mass is 265 g/mol. The Kier molecular flexibility index (Phi) is 5.05. The summed E-state index contributed by atoms with van der Waals surface area (Å²) in [6.07, 6.45) is 2.97. The lowest BCUT2D eigenvalue weighted by atomic mass is 10.1. The van der Waals surface area contributed by atoms with E-state index in [1.807, 2.05) is 25.1 Å². The molecule has 19 heavy (non-hydrogen) atoms. The van der Waals surface area contributed by atoms with Crippen molar-refractivity contribution in [3.05, 3.63) is 23.8 Å². The van der Waals surface area contributed by atoms with Gasteiger partial charge in [0.15, 0.2) is 11.5 Å². The topological polar surface area (TPSA) is 53.7 Å². The molecule has 4 heteroatoms. The fraction of sp³-hybridized carbons (Fsp3) is 0.600. The molecule has 2 rings (SSSR count). The largest absolute Gasteiger partial charge is 0.493 e. The van der Waals surface area contributed by atoms with Crippen LogP contribution in [0.4, 0.5) is 0 Å². The van der Waals surface area contributed by atoms with E-state index in [4.69, 9.17) is 19.9 Å². The Bertz CT molecular complexity index is 400. The molecule has 0 spiro atoms. The average Bonchev–Trinajstić information content (AvgIpc) is 2.39. The Morgan fingerprint density at radius 3 is 2.95 bits per heavy atom. The SMILES string of the molecule is COc1c(CC(C)N)cccc1OC1CCCOC1. The summed E-state index contributed by atoms with van der Waals surface area (Å²) < 4.78 is 16.9. The molecular weight excluding hydrogens is 242 g/mol. The molecule has 0 aliphatic carbocycles. The summed E-state index contributed by atoms with van der Waals surface area (Å²) in [6, 6.07) is 6.06. The minimum atomic E-state index is 0.0992. The zero-order chi connectivity index (χ0) is 13.7. The lowest BCUT2D eigenvalue weighted by Crippen LogP contribution is -2.28. The van der Waals surface area contributed by atoms with Gasteiger partial charge in [-0.2, -0.15) is 0 Å². The van der Waals surface area contributed by atoms with E-state index >= 15 is 0 Å². The van der Waals surface area contributed by atoms with Crippen molar-refractivity contribution in [3.63, 3.8) is 0 Å². The molecule has 2 atom stereocenters. The first-order valence-corrected chi connectivity index (χ1v) is 6.86. The molecule has 4 nitrogen and oxygen atoms in total. The van der Waals surface area contributed by atoms with Crippen molar-refractivity contribution in [3.8, 4) is 11.5 Å². The highest BCUT2D eigenvalue weighted by atomic mass is 16.5. The van der Waals surface area contributed by atoms with E-state index in [-0.39, 0.29) is 12.1 Å². The fourth-order valence-electron chi connectivity index (χ4n) is 2.38. The molecule has 1 aromatic carbocycles. The molecule has 1 fully saturated rings. The molecule has 106 valence electrons. The number of nitrogens with two attached hydrogens (primary N) is 1. The Morgan fingerprint density at radius 2 is 2.32 bits per heavy atom. The second-order valence-corrected chi connectivity index (χ2v) is 5.09. The summed E-state index contributed by atoms with van der Waals surface area (Å²) in [7, 11) is 1.67. The van der Waals surface area contributed by atoms with Crippen LogP contribution >= 0.6 is 0 Å². The first-order valence-electron chi connectivity index (χ1n) is 6.86. The first kappa shape index (κ1) is 14.2. The lowest BCUT2D eigenvalue weighted by molar-refractivity contribution is 0.00639. The van der Waals surface area contributed by atoms with E-state index in [9.17, 15) is 0 Å². The summed E-state index contributed by atoms with van der Waals surface area (Å²) in [5.41, 5.74) is 6.96. The maximum absolute atomic E-state index is 6.01. The third-order valence-electron chi connectivity index (χ3n) is 3.22. The van der Waals surface area contributed by atoms with E-state index in [1.54, 1.807) is 7.11 Å². The van der Waals surface area contributed by atoms with Crippen LogP contribution in [0.2, 0.25) is 0 Å². The van der Waals surface area contributed by atoms with Gasteiger partial charge in [-0.1, -0.05) is 12.1 Å². The van der Waals surface area contributed by atoms with Crippen molar-refractivity contribution in [2.24, 2.45) is 5.73 Å². The molecule has 1 aliphatic rings. The van der Waals surface area contributed by atoms with E-state index in [2.05, 4.69) is 0 Å². The van der Waals surface area contributed by atoms with Crippen molar-refractivity contribution in [1.82, 2.24) is 0 Å². The molecular formula is C15H23NO3. The Hall–Kier alpha value is -1.26. The zero-order valence-corrected chi connectivity index (χ0v) is 11.7. The van der Waals surface area contributed by atoms with Crippen LogP contribution in [0.3, 0.4) is 0 Å². The molecule has 2 N–H and O–H groups in total. The van der Waals surface area contributed by atoms with Crippen LogP contribution in [0, 0.1) is 0 Å². The van der Waals surface area contributed by atoms with Crippen molar-refractivity contribution in [2.45, 2.75) is 38.3 Å². The van der Waals surface area contributed by atoms with Crippen LogP contribution in [-0.2, 0) is 11.2 Å². The Labute approximate surface area is 114 Å². The zero-order valence-electron chi connectivity index (χ0n) is 11.7. The summed E-state index contributed by atoms with van der Waals surface area (Å²) in [5, 5.41) is 0. The van der Waals surface area contributed by atoms with Gasteiger partial charge < -0.3 is 19.9 Å². The summed E-state index contributed by atoms with van der Waals surface area (Å²) in [5.74, 6) is 1.58. The smallest absolute Gasteiger partial charge is 0.163 e. The van der Waals surface area contributed by atoms with Gasteiger partial charge in [0.25, 0.3) is 0 Å². The summed E-state index contributed by atoms with van der Waals surface area (Å²) >= 11 is 0. The van der Waals surface area contributed by atoms with Crippen molar-refractivity contribution >= 4 is 0 Å². The van der Waals surface area contributed by atoms with Crippen molar-refractivity contribution in [2.75, 3.05) is 20.3 Å². The molecule has 1 aromatic rings. The highest BCUT2D eigenvalue weighted by molar-refractivity contribution is 5.47. The summed E-state index contributed by atoms with van der Waals surface area (Å²) in [6.45, 7) is 3.48. The van der Waals surface area contributed by atoms with E-state index in [1.165, 1.54) is 0 Å². The molecule has 0 aromatic heterocycles. The van der Waals surface area contributed by atoms with Crippen molar-refractivity contribution in [1.29, 1.82) is 0 Å². The standard InChI is InChI=1S/C15H23NO3/c1-11(16)9-12-5-3-7-14(15(12)17-2)19-13-6-4-8-18-10-13/h3,5,7,11,13H,4,6,8-10,16H2,1-2H3. The minimum Gasteiger partial charge on any atom is -0.493 e. The van der Waals surface area contributed by atoms with E-state index in [0.29, 0.717) is 6.61 Å². The van der Waals surface area contributed by atoms with Gasteiger partial charge in [-0.3, -0.25) is 0 Å². The molecule has 0 bridgehead atoms. The molecule has 1 saturated heterocycles. The lowest BCUT2D eigenvalue weighted by Gasteiger charge is -2.25. The van der Waals surface area contributed by atoms with Gasteiger partial charge in [-0.05, 0) is 37.8 Å². The Balaban J connectivity index is 2.14. The quantitative estimate of drug-likeness (QED) is 0.886. The third kappa shape index (κ3) is 3.85. The Morgan fingerprint density at radius 1 is 1.47 bits per heavy atom. The fourth-order valence-corrected chi connectivity index (χ4v) is 2.38. The highest BCUT2D eigenvalue weighted by Gasteiger charge is 2.19. The van der Waals surface area contributed by atoms with Crippen LogP contribution in [0.15, 0.2) is 18.2 Å². The molecule has 2 unspecified atom stereocenters.